The minimum absolute atomic E-state index is 0.107. The fourth-order valence-corrected chi connectivity index (χ4v) is 1.38. The molecule has 0 aromatic rings. The molecule has 0 radical (unpaired) electrons. The molecule has 3 N–H and O–H groups in total. The van der Waals surface area contributed by atoms with E-state index in [2.05, 4.69) is 19.2 Å². The Morgan fingerprint density at radius 2 is 2.20 bits per heavy atom. The Bertz CT molecular complexity index is 173. The van der Waals surface area contributed by atoms with Gasteiger partial charge in [-0.3, -0.25) is 9.69 Å². The Morgan fingerprint density at radius 1 is 1.53 bits per heavy atom. The zero-order valence-electron chi connectivity index (χ0n) is 10.3. The number of hydrogen-bond acceptors (Lipinski definition) is 3. The molecular formula is C11H25N3O. The van der Waals surface area contributed by atoms with Crippen LogP contribution in [0.4, 0.5) is 0 Å². The molecule has 4 heteroatoms. The molecule has 0 aliphatic rings. The predicted molar refractivity (Wildman–Crippen MR) is 63.6 cm³/mol. The molecule has 0 rings (SSSR count). The third-order valence-corrected chi connectivity index (χ3v) is 2.29. The lowest BCUT2D eigenvalue weighted by Gasteiger charge is -2.19. The maximum absolute atomic E-state index is 11.4. The normalized spacial score (nSPS) is 12.9. The number of unbranched alkanes of at least 4 members (excludes halogenated alkanes) is 1. The smallest absolute Gasteiger partial charge is 0.234 e. The van der Waals surface area contributed by atoms with Crippen molar-refractivity contribution in [2.24, 2.45) is 11.7 Å². The Hall–Kier alpha value is -0.610. The second kappa shape index (κ2) is 8.68. The first kappa shape index (κ1) is 14.4. The van der Waals surface area contributed by atoms with Crippen LogP contribution in [0, 0.1) is 5.92 Å². The molecule has 0 aliphatic carbocycles. The molecule has 0 saturated heterocycles. The molecule has 15 heavy (non-hydrogen) atoms. The molecule has 90 valence electrons. The van der Waals surface area contributed by atoms with Crippen LogP contribution in [0.15, 0.2) is 0 Å². The minimum Gasteiger partial charge on any atom is -0.355 e. The van der Waals surface area contributed by atoms with Crippen molar-refractivity contribution in [3.05, 3.63) is 0 Å². The second-order valence-corrected chi connectivity index (χ2v) is 4.24. The van der Waals surface area contributed by atoms with Crippen LogP contribution < -0.4 is 11.1 Å². The summed E-state index contributed by atoms with van der Waals surface area (Å²) in [6.07, 6.45) is 2.16. The zero-order valence-corrected chi connectivity index (χ0v) is 10.3. The molecule has 1 amide bonds. The Labute approximate surface area is 93.2 Å². The van der Waals surface area contributed by atoms with Crippen LogP contribution in [-0.4, -0.2) is 44.0 Å². The topological polar surface area (TPSA) is 58.4 Å². The quantitative estimate of drug-likeness (QED) is 0.577. The van der Waals surface area contributed by atoms with E-state index < -0.39 is 0 Å². The van der Waals surface area contributed by atoms with Crippen molar-refractivity contribution in [3.8, 4) is 0 Å². The lowest BCUT2D eigenvalue weighted by molar-refractivity contribution is -0.122. The lowest BCUT2D eigenvalue weighted by atomic mass is 10.2. The Morgan fingerprint density at radius 3 is 2.73 bits per heavy atom. The third kappa shape index (κ3) is 8.39. The molecule has 4 nitrogen and oxygen atoms in total. The van der Waals surface area contributed by atoms with E-state index in [0.717, 1.165) is 25.9 Å². The highest BCUT2D eigenvalue weighted by molar-refractivity contribution is 5.77. The molecule has 0 aromatic heterocycles. The van der Waals surface area contributed by atoms with Gasteiger partial charge in [0.25, 0.3) is 0 Å². The van der Waals surface area contributed by atoms with Crippen molar-refractivity contribution < 1.29 is 4.79 Å². The van der Waals surface area contributed by atoms with Crippen molar-refractivity contribution >= 4 is 5.91 Å². The average molecular weight is 215 g/mol. The number of carbonyl (C=O) groups excluding carboxylic acids is 1. The molecule has 0 spiro atoms. The summed E-state index contributed by atoms with van der Waals surface area (Å²) < 4.78 is 0. The highest BCUT2D eigenvalue weighted by atomic mass is 16.2. The maximum Gasteiger partial charge on any atom is 0.234 e. The van der Waals surface area contributed by atoms with E-state index in [9.17, 15) is 4.79 Å². The van der Waals surface area contributed by atoms with Gasteiger partial charge in [-0.1, -0.05) is 20.3 Å². The fourth-order valence-electron chi connectivity index (χ4n) is 1.38. The summed E-state index contributed by atoms with van der Waals surface area (Å²) >= 11 is 0. The van der Waals surface area contributed by atoms with Crippen LogP contribution >= 0.6 is 0 Å². The van der Waals surface area contributed by atoms with E-state index in [-0.39, 0.29) is 5.91 Å². The van der Waals surface area contributed by atoms with E-state index in [1.165, 1.54) is 0 Å². The van der Waals surface area contributed by atoms with Gasteiger partial charge in [0.05, 0.1) is 6.54 Å². The number of amides is 1. The van der Waals surface area contributed by atoms with Crippen molar-refractivity contribution in [2.75, 3.05) is 33.2 Å². The number of rotatable bonds is 8. The van der Waals surface area contributed by atoms with Crippen molar-refractivity contribution in [2.45, 2.75) is 26.7 Å². The number of nitrogens with one attached hydrogen (secondary N) is 1. The molecule has 1 unspecified atom stereocenters. The number of likely N-dealkylation sites (N-methyl/N-ethyl adjacent to an activating group) is 1. The molecule has 0 heterocycles. The van der Waals surface area contributed by atoms with Gasteiger partial charge in [0, 0.05) is 13.1 Å². The SMILES string of the molecule is CCCCNC(=O)CN(C)CC(C)CN. The van der Waals surface area contributed by atoms with E-state index in [1.54, 1.807) is 0 Å². The van der Waals surface area contributed by atoms with Gasteiger partial charge in [-0.05, 0) is 25.9 Å². The molecule has 1 atom stereocenters. The second-order valence-electron chi connectivity index (χ2n) is 4.24. The van der Waals surface area contributed by atoms with Gasteiger partial charge < -0.3 is 11.1 Å². The summed E-state index contributed by atoms with van der Waals surface area (Å²) in [5.74, 6) is 0.550. The number of nitrogens with zero attached hydrogens (tertiary/aromatic N) is 1. The van der Waals surface area contributed by atoms with Gasteiger partial charge in [-0.2, -0.15) is 0 Å². The van der Waals surface area contributed by atoms with Gasteiger partial charge in [-0.15, -0.1) is 0 Å². The third-order valence-electron chi connectivity index (χ3n) is 2.29. The summed E-state index contributed by atoms with van der Waals surface area (Å²) in [4.78, 5) is 13.4. The van der Waals surface area contributed by atoms with E-state index in [0.29, 0.717) is 19.0 Å². The van der Waals surface area contributed by atoms with Crippen LogP contribution in [-0.2, 0) is 4.79 Å². The van der Waals surface area contributed by atoms with Gasteiger partial charge in [0.1, 0.15) is 0 Å². The predicted octanol–water partition coefficient (Wildman–Crippen LogP) is 0.429. The Balaban J connectivity index is 3.57. The van der Waals surface area contributed by atoms with Gasteiger partial charge in [0.2, 0.25) is 5.91 Å². The van der Waals surface area contributed by atoms with Crippen LogP contribution in [0.1, 0.15) is 26.7 Å². The fraction of sp³-hybridized carbons (Fsp3) is 0.909. The van der Waals surface area contributed by atoms with E-state index in [4.69, 9.17) is 5.73 Å². The van der Waals surface area contributed by atoms with Gasteiger partial charge >= 0.3 is 0 Å². The molecular weight excluding hydrogens is 190 g/mol. The monoisotopic (exact) mass is 215 g/mol. The maximum atomic E-state index is 11.4. The summed E-state index contributed by atoms with van der Waals surface area (Å²) in [6.45, 7) is 7.00. The van der Waals surface area contributed by atoms with Gasteiger partial charge in [-0.25, -0.2) is 0 Å². The molecule has 0 fully saturated rings. The summed E-state index contributed by atoms with van der Waals surface area (Å²) in [7, 11) is 1.95. The van der Waals surface area contributed by atoms with Crippen LogP contribution in [0.3, 0.4) is 0 Å². The van der Waals surface area contributed by atoms with Crippen molar-refractivity contribution in [1.82, 2.24) is 10.2 Å². The first-order valence-corrected chi connectivity index (χ1v) is 5.75. The molecule has 0 saturated carbocycles. The number of hydrogen-bond donors (Lipinski definition) is 2. The number of nitrogens with two attached hydrogens (primary N) is 1. The van der Waals surface area contributed by atoms with Crippen molar-refractivity contribution in [3.63, 3.8) is 0 Å². The summed E-state index contributed by atoms with van der Waals surface area (Å²) in [5, 5.41) is 2.89. The standard InChI is InChI=1S/C11H25N3O/c1-4-5-6-13-11(15)9-14(3)8-10(2)7-12/h10H,4-9,12H2,1-3H3,(H,13,15). The zero-order chi connectivity index (χ0) is 11.7. The lowest BCUT2D eigenvalue weighted by Crippen LogP contribution is -2.38. The largest absolute Gasteiger partial charge is 0.355 e. The van der Waals surface area contributed by atoms with Crippen molar-refractivity contribution in [1.29, 1.82) is 0 Å². The number of carbonyl (C=O) groups is 1. The summed E-state index contributed by atoms with van der Waals surface area (Å²) in [6, 6.07) is 0. The van der Waals surface area contributed by atoms with Crippen LogP contribution in [0.5, 0.6) is 0 Å². The van der Waals surface area contributed by atoms with Crippen LogP contribution in [0.2, 0.25) is 0 Å². The minimum atomic E-state index is 0.107. The highest BCUT2D eigenvalue weighted by Gasteiger charge is 2.08. The highest BCUT2D eigenvalue weighted by Crippen LogP contribution is 1.94. The van der Waals surface area contributed by atoms with Crippen LogP contribution in [0.25, 0.3) is 0 Å². The van der Waals surface area contributed by atoms with E-state index in [1.807, 2.05) is 11.9 Å². The molecule has 0 bridgehead atoms. The van der Waals surface area contributed by atoms with Gasteiger partial charge in [0.15, 0.2) is 0 Å². The molecule has 0 aromatic carbocycles. The van der Waals surface area contributed by atoms with E-state index >= 15 is 0 Å². The Kier molecular flexibility index (Phi) is 8.33. The first-order chi connectivity index (χ1) is 7.10. The first-order valence-electron chi connectivity index (χ1n) is 5.75. The summed E-state index contributed by atoms with van der Waals surface area (Å²) in [5.41, 5.74) is 5.52. The average Bonchev–Trinajstić information content (AvgIpc) is 2.17. The molecule has 0 aliphatic heterocycles.